The third-order valence-electron chi connectivity index (χ3n) is 1.28. The van der Waals surface area contributed by atoms with Crippen molar-refractivity contribution in [3.8, 4) is 5.75 Å². The molecule has 0 saturated carbocycles. The number of benzene rings is 1. The Hall–Kier alpha value is 0.590. The summed E-state index contributed by atoms with van der Waals surface area (Å²) in [5, 5.41) is 8.83. The van der Waals surface area contributed by atoms with Crippen LogP contribution in [0.25, 0.3) is 0 Å². The van der Waals surface area contributed by atoms with Crippen LogP contribution in [0.3, 0.4) is 0 Å². The first-order valence-corrected chi connectivity index (χ1v) is 5.50. The monoisotopic (exact) mass is 342 g/mol. The summed E-state index contributed by atoms with van der Waals surface area (Å²) in [6, 6.07) is 1.48. The quantitative estimate of drug-likeness (QED) is 0.448. The summed E-state index contributed by atoms with van der Waals surface area (Å²) in [6.07, 6.45) is 0. The molecule has 0 aliphatic carbocycles. The molecule has 4 nitrogen and oxygen atoms in total. The number of halogens is 2. The zero-order valence-corrected chi connectivity index (χ0v) is 9.00. The Balaban J connectivity index is 0.00000169. The Labute approximate surface area is 116 Å². The fourth-order valence-corrected chi connectivity index (χ4v) is 2.56. The Kier molecular flexibility index (Phi) is 5.30. The van der Waals surface area contributed by atoms with Gasteiger partial charge in [-0.1, -0.05) is 0 Å². The van der Waals surface area contributed by atoms with Gasteiger partial charge in [0.1, 0.15) is 4.90 Å². The maximum atomic E-state index is 12.7. The third-order valence-corrected chi connectivity index (χ3v) is 3.43. The standard InChI is InChI=1S/C6H4FIO4S.Na.H/c7-3-1-6(13(10,11)12)4(8)2-5(3)9;;/h1-2,9H,(H,10,11,12);;. The molecule has 0 spiro atoms. The molecule has 1 aromatic rings. The topological polar surface area (TPSA) is 74.6 Å². The molecule has 2 N–H and O–H groups in total. The van der Waals surface area contributed by atoms with E-state index in [1.807, 2.05) is 0 Å². The van der Waals surface area contributed by atoms with Gasteiger partial charge in [0.25, 0.3) is 10.1 Å². The Morgan fingerprint density at radius 3 is 2.29 bits per heavy atom. The van der Waals surface area contributed by atoms with Gasteiger partial charge >= 0.3 is 29.6 Å². The average Bonchev–Trinajstić information content (AvgIpc) is 1.94. The molecule has 0 heterocycles. The van der Waals surface area contributed by atoms with E-state index in [-0.39, 0.29) is 33.1 Å². The summed E-state index contributed by atoms with van der Waals surface area (Å²) in [5.41, 5.74) is 0. The number of hydrogen-bond donors (Lipinski definition) is 2. The molecule has 74 valence electrons. The minimum absolute atomic E-state index is 0. The van der Waals surface area contributed by atoms with Gasteiger partial charge in [0.05, 0.1) is 0 Å². The summed E-state index contributed by atoms with van der Waals surface area (Å²) in [4.78, 5) is -0.552. The molecule has 0 unspecified atom stereocenters. The molecule has 0 aromatic heterocycles. The van der Waals surface area contributed by atoms with E-state index in [2.05, 4.69) is 0 Å². The minimum atomic E-state index is -4.43. The SMILES string of the molecule is O=S(=O)(O)c1cc(F)c(O)cc1I.[NaH]. The van der Waals surface area contributed by atoms with E-state index in [0.29, 0.717) is 6.07 Å². The first-order chi connectivity index (χ1) is 5.82. The summed E-state index contributed by atoms with van der Waals surface area (Å²) in [5.74, 6) is -1.75. The van der Waals surface area contributed by atoms with Crippen molar-refractivity contribution in [2.24, 2.45) is 0 Å². The van der Waals surface area contributed by atoms with Crippen molar-refractivity contribution in [2.75, 3.05) is 0 Å². The fraction of sp³-hybridized carbons (Fsp3) is 0. The predicted octanol–water partition coefficient (Wildman–Crippen LogP) is 0.734. The van der Waals surface area contributed by atoms with Gasteiger partial charge in [-0.15, -0.1) is 0 Å². The number of hydrogen-bond acceptors (Lipinski definition) is 3. The van der Waals surface area contributed by atoms with Gasteiger partial charge in [-0.2, -0.15) is 8.42 Å². The van der Waals surface area contributed by atoms with Gasteiger partial charge in [-0.05, 0) is 34.7 Å². The van der Waals surface area contributed by atoms with Crippen LogP contribution in [0, 0.1) is 9.39 Å². The molecule has 0 bridgehead atoms. The van der Waals surface area contributed by atoms with E-state index in [4.69, 9.17) is 9.66 Å². The van der Waals surface area contributed by atoms with Gasteiger partial charge in [0, 0.05) is 3.57 Å². The summed E-state index contributed by atoms with van der Waals surface area (Å²) in [6.45, 7) is 0. The Morgan fingerprint density at radius 2 is 1.86 bits per heavy atom. The second kappa shape index (κ2) is 5.08. The molecule has 0 radical (unpaired) electrons. The molecule has 1 aromatic carbocycles. The molecule has 8 heteroatoms. The Morgan fingerprint density at radius 1 is 1.36 bits per heavy atom. The molecule has 0 saturated heterocycles. The van der Waals surface area contributed by atoms with Gasteiger partial charge < -0.3 is 5.11 Å². The van der Waals surface area contributed by atoms with Crippen LogP contribution in [-0.4, -0.2) is 47.6 Å². The van der Waals surface area contributed by atoms with E-state index in [1.165, 1.54) is 0 Å². The normalized spacial score (nSPS) is 10.8. The second-order valence-electron chi connectivity index (χ2n) is 2.21. The summed E-state index contributed by atoms with van der Waals surface area (Å²) in [7, 11) is -4.43. The molecular formula is C6H5FINaO4S. The van der Waals surface area contributed by atoms with Crippen LogP contribution >= 0.6 is 22.6 Å². The van der Waals surface area contributed by atoms with Crippen LogP contribution in [0.5, 0.6) is 5.75 Å². The van der Waals surface area contributed by atoms with E-state index in [0.717, 1.165) is 6.07 Å². The van der Waals surface area contributed by atoms with Crippen molar-refractivity contribution < 1.29 is 22.5 Å². The number of rotatable bonds is 1. The van der Waals surface area contributed by atoms with Crippen molar-refractivity contribution in [3.05, 3.63) is 21.5 Å². The molecule has 0 aliphatic rings. The summed E-state index contributed by atoms with van der Waals surface area (Å²) < 4.78 is 42.6. The molecule has 14 heavy (non-hydrogen) atoms. The van der Waals surface area contributed by atoms with Crippen LogP contribution in [0.15, 0.2) is 17.0 Å². The van der Waals surface area contributed by atoms with Crippen LogP contribution < -0.4 is 0 Å². The molecule has 1 rings (SSSR count). The first-order valence-electron chi connectivity index (χ1n) is 2.98. The number of phenolic OH excluding ortho intramolecular Hbond substituents is 1. The van der Waals surface area contributed by atoms with Crippen molar-refractivity contribution in [3.63, 3.8) is 0 Å². The van der Waals surface area contributed by atoms with Crippen LogP contribution in [0.1, 0.15) is 0 Å². The van der Waals surface area contributed by atoms with Crippen molar-refractivity contribution in [1.82, 2.24) is 0 Å². The van der Waals surface area contributed by atoms with Crippen LogP contribution in [0.4, 0.5) is 4.39 Å². The van der Waals surface area contributed by atoms with Gasteiger partial charge in [0.2, 0.25) is 0 Å². The van der Waals surface area contributed by atoms with Crippen molar-refractivity contribution in [1.29, 1.82) is 0 Å². The third kappa shape index (κ3) is 3.31. The number of phenols is 1. The van der Waals surface area contributed by atoms with E-state index in [1.54, 1.807) is 22.6 Å². The van der Waals surface area contributed by atoms with Crippen molar-refractivity contribution >= 4 is 62.3 Å². The van der Waals surface area contributed by atoms with Crippen LogP contribution in [0.2, 0.25) is 0 Å². The van der Waals surface area contributed by atoms with Gasteiger partial charge in [-0.3, -0.25) is 4.55 Å². The van der Waals surface area contributed by atoms with Crippen LogP contribution in [-0.2, 0) is 10.1 Å². The predicted molar refractivity (Wildman–Crippen MR) is 57.7 cm³/mol. The number of aromatic hydroxyl groups is 1. The molecule has 0 amide bonds. The van der Waals surface area contributed by atoms with E-state index < -0.39 is 26.6 Å². The molecular weight excluding hydrogens is 337 g/mol. The summed E-state index contributed by atoms with van der Waals surface area (Å²) >= 11 is 1.56. The first kappa shape index (κ1) is 14.6. The van der Waals surface area contributed by atoms with Gasteiger partial charge in [0.15, 0.2) is 11.6 Å². The molecule has 0 aliphatic heterocycles. The average molecular weight is 342 g/mol. The Bertz CT molecular complexity index is 447. The zero-order chi connectivity index (χ0) is 10.2. The van der Waals surface area contributed by atoms with E-state index >= 15 is 0 Å². The van der Waals surface area contributed by atoms with Crippen molar-refractivity contribution in [2.45, 2.75) is 4.90 Å². The second-order valence-corrected chi connectivity index (χ2v) is 4.76. The maximum absolute atomic E-state index is 12.7. The zero-order valence-electron chi connectivity index (χ0n) is 6.03. The fourth-order valence-electron chi connectivity index (χ4n) is 0.716. The van der Waals surface area contributed by atoms with E-state index in [9.17, 15) is 12.8 Å². The molecule has 0 fully saturated rings. The molecule has 0 atom stereocenters. The van der Waals surface area contributed by atoms with Gasteiger partial charge in [-0.25, -0.2) is 4.39 Å².